The number of rotatable bonds is 7. The van der Waals surface area contributed by atoms with Gasteiger partial charge < -0.3 is 20.0 Å². The molecule has 1 saturated heterocycles. The summed E-state index contributed by atoms with van der Waals surface area (Å²) in [7, 11) is 0. The molecule has 1 unspecified atom stereocenters. The molecule has 0 radical (unpaired) electrons. The molecule has 7 heteroatoms. The number of aliphatic hydroxyl groups excluding tert-OH is 1. The Labute approximate surface area is 172 Å². The largest absolute Gasteiger partial charge is 0.491 e. The zero-order valence-corrected chi connectivity index (χ0v) is 16.9. The van der Waals surface area contributed by atoms with Gasteiger partial charge in [0.1, 0.15) is 18.5 Å². The van der Waals surface area contributed by atoms with Gasteiger partial charge in [0.2, 0.25) is 0 Å². The summed E-state index contributed by atoms with van der Waals surface area (Å²) in [5.74, 6) is 0.692. The van der Waals surface area contributed by atoms with Gasteiger partial charge in [0.05, 0.1) is 5.71 Å². The highest BCUT2D eigenvalue weighted by molar-refractivity contribution is 5.98. The molecule has 28 heavy (non-hydrogen) atoms. The minimum Gasteiger partial charge on any atom is -0.491 e. The minimum absolute atomic E-state index is 0. The zero-order chi connectivity index (χ0) is 19.1. The Balaban J connectivity index is 0.00000280. The third-order valence-corrected chi connectivity index (χ3v) is 4.83. The number of hydrogen-bond donors (Lipinski definition) is 2. The second kappa shape index (κ2) is 10.9. The Bertz CT molecular complexity index is 732. The highest BCUT2D eigenvalue weighted by atomic mass is 35.5. The van der Waals surface area contributed by atoms with Gasteiger partial charge in [-0.15, -0.1) is 12.4 Å². The van der Waals surface area contributed by atoms with Crippen molar-refractivity contribution in [1.29, 1.82) is 0 Å². The molecule has 2 N–H and O–H groups in total. The number of nitrogens with zero attached hydrogens (tertiary/aromatic N) is 3. The number of benzene rings is 2. The molecule has 0 bridgehead atoms. The van der Waals surface area contributed by atoms with E-state index >= 15 is 0 Å². The van der Waals surface area contributed by atoms with Crippen molar-refractivity contribution >= 4 is 23.8 Å². The van der Waals surface area contributed by atoms with Crippen molar-refractivity contribution in [2.24, 2.45) is 5.16 Å². The smallest absolute Gasteiger partial charge is 0.119 e. The molecule has 0 amide bonds. The predicted molar refractivity (Wildman–Crippen MR) is 114 cm³/mol. The molecule has 152 valence electrons. The molecule has 2 aromatic carbocycles. The molecule has 6 nitrogen and oxygen atoms in total. The fourth-order valence-electron chi connectivity index (χ4n) is 3.22. The third kappa shape index (κ3) is 6.12. The number of ether oxygens (including phenoxy) is 1. The molecule has 1 aliphatic rings. The molecule has 1 fully saturated rings. The number of para-hydroxylation sites is 1. The monoisotopic (exact) mass is 405 g/mol. The van der Waals surface area contributed by atoms with Crippen molar-refractivity contribution in [2.75, 3.05) is 44.2 Å². The lowest BCUT2D eigenvalue weighted by Crippen LogP contribution is -2.49. The van der Waals surface area contributed by atoms with E-state index in [0.29, 0.717) is 18.0 Å². The van der Waals surface area contributed by atoms with Gasteiger partial charge in [0, 0.05) is 38.4 Å². The van der Waals surface area contributed by atoms with Gasteiger partial charge in [-0.2, -0.15) is 0 Å². The van der Waals surface area contributed by atoms with E-state index in [4.69, 9.17) is 9.94 Å². The first-order valence-corrected chi connectivity index (χ1v) is 9.28. The number of β-amino-alcohol motifs (C(OH)–C–C–N with tert-alkyl or cyclic N) is 1. The Hall–Kier alpha value is -2.28. The summed E-state index contributed by atoms with van der Waals surface area (Å²) in [5.41, 5.74) is 2.64. The number of oxime groups is 1. The SMILES string of the molecule is C/C(=N\O)c1ccc(OCC(O)CN2CCN(c3ccccc3)CC2)cc1.Cl. The van der Waals surface area contributed by atoms with Crippen molar-refractivity contribution in [2.45, 2.75) is 13.0 Å². The summed E-state index contributed by atoms with van der Waals surface area (Å²) < 4.78 is 5.68. The topological polar surface area (TPSA) is 68.5 Å². The van der Waals surface area contributed by atoms with Gasteiger partial charge in [-0.1, -0.05) is 23.4 Å². The summed E-state index contributed by atoms with van der Waals surface area (Å²) in [6.45, 7) is 6.38. The van der Waals surface area contributed by atoms with Crippen LogP contribution in [0.2, 0.25) is 0 Å². The first kappa shape index (κ1) is 22.0. The average molecular weight is 406 g/mol. The number of piperazine rings is 1. The van der Waals surface area contributed by atoms with E-state index in [9.17, 15) is 5.11 Å². The second-order valence-corrected chi connectivity index (χ2v) is 6.80. The van der Waals surface area contributed by atoms with E-state index in [-0.39, 0.29) is 19.0 Å². The van der Waals surface area contributed by atoms with Gasteiger partial charge >= 0.3 is 0 Å². The van der Waals surface area contributed by atoms with E-state index in [1.807, 2.05) is 30.3 Å². The predicted octanol–water partition coefficient (Wildman–Crippen LogP) is 2.87. The van der Waals surface area contributed by atoms with E-state index in [1.54, 1.807) is 6.92 Å². The van der Waals surface area contributed by atoms with Gasteiger partial charge in [-0.3, -0.25) is 4.90 Å². The average Bonchev–Trinajstić information content (AvgIpc) is 2.73. The summed E-state index contributed by atoms with van der Waals surface area (Å²) in [4.78, 5) is 4.65. The van der Waals surface area contributed by atoms with E-state index < -0.39 is 6.10 Å². The van der Waals surface area contributed by atoms with Crippen molar-refractivity contribution in [3.05, 3.63) is 60.2 Å². The van der Waals surface area contributed by atoms with Gasteiger partial charge in [0.25, 0.3) is 0 Å². The number of anilines is 1. The Morgan fingerprint density at radius 3 is 2.29 bits per heavy atom. The molecule has 0 aliphatic carbocycles. The van der Waals surface area contributed by atoms with E-state index in [2.05, 4.69) is 39.2 Å². The van der Waals surface area contributed by atoms with Crippen LogP contribution in [0, 0.1) is 0 Å². The molecule has 1 atom stereocenters. The molecule has 2 aromatic rings. The number of halogens is 1. The van der Waals surface area contributed by atoms with Crippen LogP contribution in [0.1, 0.15) is 12.5 Å². The molecular formula is C21H28ClN3O3. The van der Waals surface area contributed by atoms with Crippen LogP contribution in [0.3, 0.4) is 0 Å². The Kier molecular flexibility index (Phi) is 8.57. The number of hydrogen-bond acceptors (Lipinski definition) is 6. The Morgan fingerprint density at radius 1 is 1.04 bits per heavy atom. The molecule has 3 rings (SSSR count). The second-order valence-electron chi connectivity index (χ2n) is 6.80. The summed E-state index contributed by atoms with van der Waals surface area (Å²) >= 11 is 0. The lowest BCUT2D eigenvalue weighted by atomic mass is 10.1. The first-order chi connectivity index (χ1) is 13.2. The Morgan fingerprint density at radius 2 is 1.68 bits per heavy atom. The molecular weight excluding hydrogens is 378 g/mol. The molecule has 1 heterocycles. The zero-order valence-electron chi connectivity index (χ0n) is 16.1. The summed E-state index contributed by atoms with van der Waals surface area (Å²) in [5, 5.41) is 22.3. The molecule has 1 aliphatic heterocycles. The molecule has 0 spiro atoms. The lowest BCUT2D eigenvalue weighted by molar-refractivity contribution is 0.0663. The standard InChI is InChI=1S/C21H27N3O3.ClH/c1-17(22-26)18-7-9-21(10-8-18)27-16-20(25)15-23-11-13-24(14-12-23)19-5-3-2-4-6-19;/h2-10,20,25-26H,11-16H2,1H3;1H/b22-17+;. The molecule has 0 saturated carbocycles. The lowest BCUT2D eigenvalue weighted by Gasteiger charge is -2.36. The maximum atomic E-state index is 10.3. The van der Waals surface area contributed by atoms with Crippen molar-refractivity contribution < 1.29 is 15.1 Å². The minimum atomic E-state index is -0.534. The van der Waals surface area contributed by atoms with Crippen LogP contribution >= 0.6 is 12.4 Å². The highest BCUT2D eigenvalue weighted by Gasteiger charge is 2.19. The number of aliphatic hydroxyl groups is 1. The van der Waals surface area contributed by atoms with Crippen LogP contribution in [0.15, 0.2) is 59.8 Å². The van der Waals surface area contributed by atoms with Gasteiger partial charge in [-0.05, 0) is 48.9 Å². The third-order valence-electron chi connectivity index (χ3n) is 4.83. The van der Waals surface area contributed by atoms with Crippen LogP contribution in [0.25, 0.3) is 0 Å². The van der Waals surface area contributed by atoms with Gasteiger partial charge in [0.15, 0.2) is 0 Å². The van der Waals surface area contributed by atoms with Crippen LogP contribution in [0.5, 0.6) is 5.75 Å². The van der Waals surface area contributed by atoms with E-state index in [1.165, 1.54) is 5.69 Å². The first-order valence-electron chi connectivity index (χ1n) is 9.28. The summed E-state index contributed by atoms with van der Waals surface area (Å²) in [6, 6.07) is 17.7. The van der Waals surface area contributed by atoms with Crippen molar-refractivity contribution in [1.82, 2.24) is 4.90 Å². The van der Waals surface area contributed by atoms with Crippen LogP contribution in [-0.4, -0.2) is 66.4 Å². The fourth-order valence-corrected chi connectivity index (χ4v) is 3.22. The summed E-state index contributed by atoms with van der Waals surface area (Å²) in [6.07, 6.45) is -0.534. The fraction of sp³-hybridized carbons (Fsp3) is 0.381. The molecule has 0 aromatic heterocycles. The van der Waals surface area contributed by atoms with Crippen LogP contribution < -0.4 is 9.64 Å². The van der Waals surface area contributed by atoms with Crippen molar-refractivity contribution in [3.8, 4) is 5.75 Å². The van der Waals surface area contributed by atoms with E-state index in [0.717, 1.165) is 31.7 Å². The highest BCUT2D eigenvalue weighted by Crippen LogP contribution is 2.16. The van der Waals surface area contributed by atoms with Crippen molar-refractivity contribution in [3.63, 3.8) is 0 Å². The maximum absolute atomic E-state index is 10.3. The van der Waals surface area contributed by atoms with Crippen LogP contribution in [-0.2, 0) is 0 Å². The normalized spacial score (nSPS) is 16.4. The quantitative estimate of drug-likeness (QED) is 0.421. The maximum Gasteiger partial charge on any atom is 0.119 e. The van der Waals surface area contributed by atoms with Crippen LogP contribution in [0.4, 0.5) is 5.69 Å². The van der Waals surface area contributed by atoms with Gasteiger partial charge in [-0.25, -0.2) is 0 Å².